The quantitative estimate of drug-likeness (QED) is 0.673. The molecule has 0 unspecified atom stereocenters. The van der Waals surface area contributed by atoms with E-state index in [1.54, 1.807) is 0 Å². The standard InChI is InChI=1S/C16H18ClN5O2/c1-11-3-2-4-15(19-11)21-7-5-12(6-8-21)20-16-14(17)9-13(10-18-16)22(23)24/h2-4,9-10,12H,5-8H2,1H3,(H,18,20). The van der Waals surface area contributed by atoms with Gasteiger partial charge in [-0.05, 0) is 31.9 Å². The van der Waals surface area contributed by atoms with Gasteiger partial charge >= 0.3 is 0 Å². The summed E-state index contributed by atoms with van der Waals surface area (Å²) in [6.45, 7) is 3.76. The van der Waals surface area contributed by atoms with E-state index in [0.29, 0.717) is 5.82 Å². The van der Waals surface area contributed by atoms with E-state index in [0.717, 1.165) is 37.4 Å². The molecule has 1 aliphatic heterocycles. The van der Waals surface area contributed by atoms with Crippen molar-refractivity contribution < 1.29 is 4.92 Å². The van der Waals surface area contributed by atoms with Crippen molar-refractivity contribution in [3.05, 3.63) is 51.3 Å². The summed E-state index contributed by atoms with van der Waals surface area (Å²) in [5, 5.41) is 14.3. The predicted molar refractivity (Wildman–Crippen MR) is 93.7 cm³/mol. The molecule has 0 amide bonds. The van der Waals surface area contributed by atoms with Crippen molar-refractivity contribution in [2.45, 2.75) is 25.8 Å². The zero-order chi connectivity index (χ0) is 17.1. The Hall–Kier alpha value is -2.41. The fourth-order valence-corrected chi connectivity index (χ4v) is 3.00. The molecule has 3 heterocycles. The molecule has 1 N–H and O–H groups in total. The highest BCUT2D eigenvalue weighted by Crippen LogP contribution is 2.26. The number of nitro groups is 1. The van der Waals surface area contributed by atoms with E-state index in [-0.39, 0.29) is 16.8 Å². The lowest BCUT2D eigenvalue weighted by atomic mass is 10.0. The van der Waals surface area contributed by atoms with Gasteiger partial charge in [0, 0.05) is 30.9 Å². The number of hydrogen-bond donors (Lipinski definition) is 1. The van der Waals surface area contributed by atoms with E-state index in [2.05, 4.69) is 20.2 Å². The summed E-state index contributed by atoms with van der Waals surface area (Å²) in [7, 11) is 0. The third kappa shape index (κ3) is 3.73. The van der Waals surface area contributed by atoms with Crippen molar-refractivity contribution in [1.29, 1.82) is 0 Å². The lowest BCUT2D eigenvalue weighted by Crippen LogP contribution is -2.39. The molecule has 0 radical (unpaired) electrons. The molecule has 2 aromatic heterocycles. The lowest BCUT2D eigenvalue weighted by molar-refractivity contribution is -0.385. The minimum absolute atomic E-state index is 0.106. The van der Waals surface area contributed by atoms with Gasteiger partial charge in [0.05, 0.1) is 9.95 Å². The number of anilines is 2. The summed E-state index contributed by atoms with van der Waals surface area (Å²) in [6.07, 6.45) is 3.06. The number of rotatable bonds is 4. The van der Waals surface area contributed by atoms with Crippen LogP contribution in [0.2, 0.25) is 5.02 Å². The van der Waals surface area contributed by atoms with Crippen LogP contribution in [-0.2, 0) is 0 Å². The van der Waals surface area contributed by atoms with Gasteiger partial charge < -0.3 is 10.2 Å². The van der Waals surface area contributed by atoms with Crippen molar-refractivity contribution in [3.63, 3.8) is 0 Å². The van der Waals surface area contributed by atoms with Crippen LogP contribution in [0.4, 0.5) is 17.3 Å². The minimum Gasteiger partial charge on any atom is -0.366 e. The number of nitrogens with one attached hydrogen (secondary N) is 1. The van der Waals surface area contributed by atoms with Crippen molar-refractivity contribution in [2.75, 3.05) is 23.3 Å². The summed E-state index contributed by atoms with van der Waals surface area (Å²) in [4.78, 5) is 21.1. The summed E-state index contributed by atoms with van der Waals surface area (Å²) < 4.78 is 0. The number of halogens is 1. The Bertz CT molecular complexity index is 747. The number of pyridine rings is 2. The van der Waals surface area contributed by atoms with Crippen LogP contribution in [0.5, 0.6) is 0 Å². The van der Waals surface area contributed by atoms with E-state index < -0.39 is 4.92 Å². The molecule has 3 rings (SSSR count). The van der Waals surface area contributed by atoms with Crippen molar-refractivity contribution in [3.8, 4) is 0 Å². The van der Waals surface area contributed by atoms with E-state index in [9.17, 15) is 10.1 Å². The second-order valence-electron chi connectivity index (χ2n) is 5.82. The third-order valence-corrected chi connectivity index (χ3v) is 4.36. The first kappa shape index (κ1) is 16.4. The Morgan fingerprint density at radius 3 is 2.75 bits per heavy atom. The molecule has 0 bridgehead atoms. The molecule has 0 spiro atoms. The molecule has 2 aromatic rings. The molecule has 0 aromatic carbocycles. The normalized spacial score (nSPS) is 15.3. The van der Waals surface area contributed by atoms with Crippen LogP contribution < -0.4 is 10.2 Å². The second kappa shape index (κ2) is 7.00. The maximum absolute atomic E-state index is 10.7. The van der Waals surface area contributed by atoms with Gasteiger partial charge in [-0.15, -0.1) is 0 Å². The van der Waals surface area contributed by atoms with E-state index in [1.165, 1.54) is 12.3 Å². The van der Waals surface area contributed by atoms with Gasteiger partial charge in [0.1, 0.15) is 17.8 Å². The summed E-state index contributed by atoms with van der Waals surface area (Å²) in [6, 6.07) is 7.58. The fourth-order valence-electron chi connectivity index (χ4n) is 2.78. The minimum atomic E-state index is -0.504. The third-order valence-electron chi connectivity index (χ3n) is 4.07. The molecule has 8 heteroatoms. The van der Waals surface area contributed by atoms with Gasteiger partial charge in [0.15, 0.2) is 0 Å². The maximum atomic E-state index is 10.7. The number of hydrogen-bond acceptors (Lipinski definition) is 6. The summed E-state index contributed by atoms with van der Waals surface area (Å²) in [5.41, 5.74) is 0.903. The van der Waals surface area contributed by atoms with Crippen LogP contribution in [0.1, 0.15) is 18.5 Å². The van der Waals surface area contributed by atoms with Crippen LogP contribution in [0, 0.1) is 17.0 Å². The van der Waals surface area contributed by atoms with Crippen LogP contribution in [0.15, 0.2) is 30.5 Å². The van der Waals surface area contributed by atoms with Crippen LogP contribution in [0.3, 0.4) is 0 Å². The van der Waals surface area contributed by atoms with Gasteiger partial charge in [-0.2, -0.15) is 0 Å². The molecule has 126 valence electrons. The largest absolute Gasteiger partial charge is 0.366 e. The average molecular weight is 348 g/mol. The van der Waals surface area contributed by atoms with Gasteiger partial charge in [-0.1, -0.05) is 17.7 Å². The first-order valence-electron chi connectivity index (χ1n) is 7.78. The first-order chi connectivity index (χ1) is 11.5. The fraction of sp³-hybridized carbons (Fsp3) is 0.375. The Labute approximate surface area is 144 Å². The Balaban J connectivity index is 1.60. The molecule has 24 heavy (non-hydrogen) atoms. The molecular weight excluding hydrogens is 330 g/mol. The van der Waals surface area contributed by atoms with Crippen LogP contribution >= 0.6 is 11.6 Å². The number of aromatic nitrogens is 2. The lowest BCUT2D eigenvalue weighted by Gasteiger charge is -2.33. The predicted octanol–water partition coefficient (Wildman–Crippen LogP) is 3.43. The summed E-state index contributed by atoms with van der Waals surface area (Å²) in [5.74, 6) is 1.49. The molecule has 0 atom stereocenters. The maximum Gasteiger partial charge on any atom is 0.289 e. The van der Waals surface area contributed by atoms with Crippen LogP contribution in [0.25, 0.3) is 0 Å². The molecule has 7 nitrogen and oxygen atoms in total. The average Bonchev–Trinajstić information content (AvgIpc) is 2.57. The number of nitrogens with zero attached hydrogens (tertiary/aromatic N) is 4. The SMILES string of the molecule is Cc1cccc(N2CCC(Nc3ncc([N+](=O)[O-])cc3Cl)CC2)n1. The Kier molecular flexibility index (Phi) is 4.80. The highest BCUT2D eigenvalue weighted by Gasteiger charge is 2.21. The van der Waals surface area contributed by atoms with Gasteiger partial charge in [-0.3, -0.25) is 10.1 Å². The highest BCUT2D eigenvalue weighted by molar-refractivity contribution is 6.33. The molecular formula is C16H18ClN5O2. The number of piperidine rings is 1. The van der Waals surface area contributed by atoms with Gasteiger partial charge in [0.25, 0.3) is 5.69 Å². The van der Waals surface area contributed by atoms with Gasteiger partial charge in [-0.25, -0.2) is 9.97 Å². The van der Waals surface area contributed by atoms with Crippen molar-refractivity contribution in [1.82, 2.24) is 9.97 Å². The molecule has 1 fully saturated rings. The van der Waals surface area contributed by atoms with E-state index >= 15 is 0 Å². The molecule has 1 saturated heterocycles. The molecule has 1 aliphatic rings. The van der Waals surface area contributed by atoms with E-state index in [4.69, 9.17) is 11.6 Å². The topological polar surface area (TPSA) is 84.2 Å². The smallest absolute Gasteiger partial charge is 0.289 e. The zero-order valence-electron chi connectivity index (χ0n) is 13.3. The Morgan fingerprint density at radius 1 is 1.38 bits per heavy atom. The molecule has 0 aliphatic carbocycles. The van der Waals surface area contributed by atoms with E-state index in [1.807, 2.05) is 25.1 Å². The van der Waals surface area contributed by atoms with Gasteiger partial charge in [0.2, 0.25) is 0 Å². The zero-order valence-corrected chi connectivity index (χ0v) is 14.0. The van der Waals surface area contributed by atoms with Crippen molar-refractivity contribution >= 4 is 28.9 Å². The highest BCUT2D eigenvalue weighted by atomic mass is 35.5. The first-order valence-corrected chi connectivity index (χ1v) is 8.16. The second-order valence-corrected chi connectivity index (χ2v) is 6.23. The summed E-state index contributed by atoms with van der Waals surface area (Å²) >= 11 is 6.08. The monoisotopic (exact) mass is 347 g/mol. The van der Waals surface area contributed by atoms with Crippen LogP contribution in [-0.4, -0.2) is 34.0 Å². The molecule has 0 saturated carbocycles. The Morgan fingerprint density at radius 2 is 2.12 bits per heavy atom. The number of aryl methyl sites for hydroxylation is 1. The van der Waals surface area contributed by atoms with Crippen molar-refractivity contribution in [2.24, 2.45) is 0 Å².